The van der Waals surface area contributed by atoms with Gasteiger partial charge in [0.2, 0.25) is 0 Å². The lowest BCUT2D eigenvalue weighted by Crippen LogP contribution is -2.22. The summed E-state index contributed by atoms with van der Waals surface area (Å²) in [5, 5.41) is 18.1. The summed E-state index contributed by atoms with van der Waals surface area (Å²) in [6.07, 6.45) is 2.87. The van der Waals surface area contributed by atoms with Crippen molar-refractivity contribution in [1.29, 1.82) is 0 Å². The van der Waals surface area contributed by atoms with Crippen LogP contribution in [0.3, 0.4) is 0 Å². The van der Waals surface area contributed by atoms with Gasteiger partial charge in [0, 0.05) is 0 Å². The van der Waals surface area contributed by atoms with Gasteiger partial charge in [0.25, 0.3) is 0 Å². The average molecular weight is 527 g/mol. The molecule has 0 aliphatic heterocycles. The predicted molar refractivity (Wildman–Crippen MR) is 157 cm³/mol. The van der Waals surface area contributed by atoms with E-state index in [1.54, 1.807) is 12.1 Å². The van der Waals surface area contributed by atoms with Crippen LogP contribution in [0.1, 0.15) is 22.3 Å². The van der Waals surface area contributed by atoms with Crippen LogP contribution in [0.15, 0.2) is 128 Å². The van der Waals surface area contributed by atoms with Crippen molar-refractivity contribution in [3.63, 3.8) is 0 Å². The summed E-state index contributed by atoms with van der Waals surface area (Å²) in [4.78, 5) is 10.2. The molecular formula is C34H38O5. The Bertz CT molecular complexity index is 1180. The number of allylic oxidation sites excluding steroid dienone is 1. The smallest absolute Gasteiger partial charge is 0.307 e. The molecule has 1 unspecified atom stereocenters. The van der Waals surface area contributed by atoms with Crippen molar-refractivity contribution in [1.82, 2.24) is 0 Å². The highest BCUT2D eigenvalue weighted by Crippen LogP contribution is 2.12. The molecule has 1 atom stereocenters. The van der Waals surface area contributed by atoms with Crippen molar-refractivity contribution in [2.45, 2.75) is 32.5 Å². The molecular weight excluding hydrogens is 488 g/mol. The molecule has 0 spiro atoms. The Hall–Kier alpha value is -4.19. The lowest BCUT2D eigenvalue weighted by molar-refractivity contribution is -0.136. The van der Waals surface area contributed by atoms with Gasteiger partial charge in [-0.3, -0.25) is 4.79 Å². The van der Waals surface area contributed by atoms with Crippen LogP contribution in [0, 0.1) is 6.92 Å². The fourth-order valence-electron chi connectivity index (χ4n) is 3.36. The van der Waals surface area contributed by atoms with Crippen LogP contribution in [0.4, 0.5) is 0 Å². The van der Waals surface area contributed by atoms with E-state index < -0.39 is 12.3 Å². The molecule has 0 aliphatic carbocycles. The normalized spacial score (nSPS) is 10.6. The summed E-state index contributed by atoms with van der Waals surface area (Å²) >= 11 is 0. The van der Waals surface area contributed by atoms with Gasteiger partial charge in [0.05, 0.1) is 13.0 Å². The molecule has 0 amide bonds. The highest BCUT2D eigenvalue weighted by molar-refractivity contribution is 5.70. The van der Waals surface area contributed by atoms with Crippen LogP contribution in [-0.2, 0) is 28.8 Å². The molecule has 4 rings (SSSR count). The number of aliphatic hydroxyl groups is 1. The van der Waals surface area contributed by atoms with Gasteiger partial charge >= 0.3 is 5.97 Å². The van der Waals surface area contributed by atoms with Crippen molar-refractivity contribution in [3.8, 4) is 5.75 Å². The van der Waals surface area contributed by atoms with E-state index in [-0.39, 0.29) is 13.0 Å². The third-order valence-electron chi connectivity index (χ3n) is 5.38. The van der Waals surface area contributed by atoms with Crippen molar-refractivity contribution in [2.75, 3.05) is 13.2 Å². The maximum Gasteiger partial charge on any atom is 0.307 e. The van der Waals surface area contributed by atoms with Crippen molar-refractivity contribution in [3.05, 3.63) is 150 Å². The molecule has 0 aromatic heterocycles. The van der Waals surface area contributed by atoms with Crippen LogP contribution in [0.25, 0.3) is 0 Å². The summed E-state index contributed by atoms with van der Waals surface area (Å²) in [7, 11) is 0. The number of aryl methyl sites for hydroxylation is 1. The van der Waals surface area contributed by atoms with E-state index in [0.29, 0.717) is 6.61 Å². The third-order valence-corrected chi connectivity index (χ3v) is 5.38. The van der Waals surface area contributed by atoms with Crippen LogP contribution < -0.4 is 4.74 Å². The molecule has 0 radical (unpaired) electrons. The SMILES string of the molecule is C=CCc1ccccc1.Cc1ccc(OCC(O)OCCc2ccccc2)cc1.O=C(O)Cc1ccccc1. The molecule has 204 valence electrons. The molecule has 0 bridgehead atoms. The van der Waals surface area contributed by atoms with Crippen LogP contribution >= 0.6 is 0 Å². The third kappa shape index (κ3) is 15.0. The Morgan fingerprint density at radius 2 is 1.31 bits per heavy atom. The minimum atomic E-state index is -0.903. The molecule has 39 heavy (non-hydrogen) atoms. The lowest BCUT2D eigenvalue weighted by atomic mass is 10.2. The van der Waals surface area contributed by atoms with Gasteiger partial charge < -0.3 is 19.7 Å². The van der Waals surface area contributed by atoms with Crippen LogP contribution in [0.2, 0.25) is 0 Å². The fourth-order valence-corrected chi connectivity index (χ4v) is 3.36. The number of rotatable bonds is 11. The standard InChI is InChI=1S/C17H20O3.C9H10.C8H8O2/c1-14-7-9-16(10-8-14)20-13-17(18)19-12-11-15-5-3-2-4-6-15;1-2-6-9-7-4-3-5-8-9;9-8(10)6-7-4-2-1-3-5-7/h2-10,17-18H,11-13H2,1H3;2-5,7-8H,1,6H2;1-5H,6H2,(H,9,10). The number of carbonyl (C=O) groups is 1. The van der Waals surface area contributed by atoms with E-state index in [1.807, 2.05) is 104 Å². The number of aliphatic hydroxyl groups excluding tert-OH is 1. The fraction of sp³-hybridized carbons (Fsp3) is 0.206. The summed E-state index contributed by atoms with van der Waals surface area (Å²) in [6.45, 7) is 6.29. The number of benzene rings is 4. The van der Waals surface area contributed by atoms with E-state index in [1.165, 1.54) is 16.7 Å². The topological polar surface area (TPSA) is 76.0 Å². The zero-order valence-electron chi connectivity index (χ0n) is 22.5. The summed E-state index contributed by atoms with van der Waals surface area (Å²) in [5.41, 5.74) is 4.54. The van der Waals surface area contributed by atoms with Gasteiger partial charge in [-0.25, -0.2) is 0 Å². The van der Waals surface area contributed by atoms with E-state index in [4.69, 9.17) is 14.6 Å². The number of hydrogen-bond donors (Lipinski definition) is 2. The summed E-state index contributed by atoms with van der Waals surface area (Å²) in [6, 6.07) is 37.2. The monoisotopic (exact) mass is 526 g/mol. The zero-order valence-corrected chi connectivity index (χ0v) is 22.5. The second kappa shape index (κ2) is 19.0. The zero-order chi connectivity index (χ0) is 28.1. The molecule has 4 aromatic carbocycles. The number of hydrogen-bond acceptors (Lipinski definition) is 4. The van der Waals surface area contributed by atoms with Crippen molar-refractivity contribution < 1.29 is 24.5 Å². The van der Waals surface area contributed by atoms with Gasteiger partial charge in [0.1, 0.15) is 12.4 Å². The molecule has 0 fully saturated rings. The Labute approximate surface area is 232 Å². The Morgan fingerprint density at radius 3 is 1.82 bits per heavy atom. The molecule has 0 aliphatic rings. The minimum Gasteiger partial charge on any atom is -0.488 e. The Morgan fingerprint density at radius 1 is 0.795 bits per heavy atom. The molecule has 0 saturated carbocycles. The predicted octanol–water partition coefficient (Wildman–Crippen LogP) is 6.68. The number of ether oxygens (including phenoxy) is 2. The number of carboxylic acids is 1. The van der Waals surface area contributed by atoms with Gasteiger partial charge in [-0.15, -0.1) is 6.58 Å². The van der Waals surface area contributed by atoms with E-state index in [9.17, 15) is 9.90 Å². The lowest BCUT2D eigenvalue weighted by Gasteiger charge is -2.13. The minimum absolute atomic E-state index is 0.112. The molecule has 0 heterocycles. The van der Waals surface area contributed by atoms with E-state index in [2.05, 4.69) is 18.7 Å². The molecule has 0 saturated heterocycles. The Balaban J connectivity index is 0.000000233. The molecule has 5 heteroatoms. The first-order valence-electron chi connectivity index (χ1n) is 12.9. The second-order valence-corrected chi connectivity index (χ2v) is 8.72. The first-order valence-corrected chi connectivity index (χ1v) is 12.9. The number of aliphatic carboxylic acids is 1. The van der Waals surface area contributed by atoms with Crippen molar-refractivity contribution in [2.24, 2.45) is 0 Å². The van der Waals surface area contributed by atoms with Gasteiger partial charge in [-0.1, -0.05) is 115 Å². The average Bonchev–Trinajstić information content (AvgIpc) is 2.95. The number of carboxylic acid groups (broad SMARTS) is 1. The quantitative estimate of drug-likeness (QED) is 0.168. The second-order valence-electron chi connectivity index (χ2n) is 8.72. The van der Waals surface area contributed by atoms with Gasteiger partial charge in [0.15, 0.2) is 6.29 Å². The highest BCUT2D eigenvalue weighted by atomic mass is 16.6. The largest absolute Gasteiger partial charge is 0.488 e. The first kappa shape index (κ1) is 31.0. The Kier molecular flexibility index (Phi) is 15.1. The molecule has 4 aromatic rings. The van der Waals surface area contributed by atoms with Crippen LogP contribution in [-0.4, -0.2) is 35.7 Å². The summed E-state index contributed by atoms with van der Waals surface area (Å²) in [5.74, 6) is -0.0486. The molecule has 5 nitrogen and oxygen atoms in total. The molecule has 2 N–H and O–H groups in total. The van der Waals surface area contributed by atoms with Gasteiger partial charge in [-0.2, -0.15) is 0 Å². The maximum absolute atomic E-state index is 10.2. The summed E-state index contributed by atoms with van der Waals surface area (Å²) < 4.78 is 10.8. The van der Waals surface area contributed by atoms with Crippen LogP contribution in [0.5, 0.6) is 5.75 Å². The highest BCUT2D eigenvalue weighted by Gasteiger charge is 2.05. The van der Waals surface area contributed by atoms with Crippen molar-refractivity contribution >= 4 is 5.97 Å². The van der Waals surface area contributed by atoms with E-state index in [0.717, 1.165) is 24.2 Å². The van der Waals surface area contributed by atoms with Gasteiger partial charge in [-0.05, 0) is 48.6 Å². The maximum atomic E-state index is 10.2. The van der Waals surface area contributed by atoms with E-state index >= 15 is 0 Å². The first-order chi connectivity index (χ1) is 19.0.